The number of carboxylic acid groups (broad SMARTS) is 1. The van der Waals surface area contributed by atoms with E-state index in [1.807, 2.05) is 0 Å². The lowest BCUT2D eigenvalue weighted by molar-refractivity contribution is -0.140. The molecule has 0 aliphatic carbocycles. The Kier molecular flexibility index (Phi) is 6.17. The Morgan fingerprint density at radius 3 is 2.47 bits per heavy atom. The van der Waals surface area contributed by atoms with Crippen LogP contribution in [0.5, 0.6) is 0 Å². The summed E-state index contributed by atoms with van der Waals surface area (Å²) in [6, 6.07) is -1.31. The highest BCUT2D eigenvalue weighted by Gasteiger charge is 2.22. The molecule has 0 aliphatic heterocycles. The zero-order valence-corrected chi connectivity index (χ0v) is 9.12. The third-order valence-electron chi connectivity index (χ3n) is 1.85. The van der Waals surface area contributed by atoms with Gasteiger partial charge in [-0.1, -0.05) is 19.9 Å². The first-order valence-corrected chi connectivity index (χ1v) is 4.87. The van der Waals surface area contributed by atoms with Gasteiger partial charge in [0.15, 0.2) is 0 Å². The molecule has 86 valence electrons. The number of hydrogen-bond acceptors (Lipinski definition) is 2. The van der Waals surface area contributed by atoms with Crippen LogP contribution in [0.25, 0.3) is 0 Å². The standard InChI is InChI=1S/C10H18N2O3/c1-4-5-6-11-10(15)12-8(7(2)3)9(13)14/h4,7-8H,1,5-6H2,2-3H3,(H,13,14)(H2,11,12,15)/t8-/m1/s1. The molecule has 2 amide bonds. The van der Waals surface area contributed by atoms with Crippen molar-refractivity contribution in [3.63, 3.8) is 0 Å². The number of rotatable bonds is 6. The summed E-state index contributed by atoms with van der Waals surface area (Å²) in [5.74, 6) is -1.17. The monoisotopic (exact) mass is 214 g/mol. The van der Waals surface area contributed by atoms with Crippen molar-refractivity contribution in [2.45, 2.75) is 26.3 Å². The molecule has 0 aromatic carbocycles. The van der Waals surface area contributed by atoms with Gasteiger partial charge in [0.1, 0.15) is 6.04 Å². The quantitative estimate of drug-likeness (QED) is 0.455. The first kappa shape index (κ1) is 13.5. The summed E-state index contributed by atoms with van der Waals surface area (Å²) in [7, 11) is 0. The Labute approximate surface area is 89.6 Å². The van der Waals surface area contributed by atoms with Gasteiger partial charge in [0, 0.05) is 6.54 Å². The summed E-state index contributed by atoms with van der Waals surface area (Å²) in [6.45, 7) is 7.44. The molecule has 15 heavy (non-hydrogen) atoms. The molecule has 5 nitrogen and oxygen atoms in total. The van der Waals surface area contributed by atoms with E-state index in [-0.39, 0.29) is 5.92 Å². The van der Waals surface area contributed by atoms with E-state index in [0.29, 0.717) is 13.0 Å². The molecule has 0 aliphatic rings. The number of aliphatic carboxylic acids is 1. The van der Waals surface area contributed by atoms with Crippen molar-refractivity contribution in [2.75, 3.05) is 6.54 Å². The first-order chi connectivity index (χ1) is 6.99. The summed E-state index contributed by atoms with van der Waals surface area (Å²) >= 11 is 0. The van der Waals surface area contributed by atoms with Gasteiger partial charge in [0.25, 0.3) is 0 Å². The Bertz CT molecular complexity index is 239. The molecule has 0 bridgehead atoms. The highest BCUT2D eigenvalue weighted by Crippen LogP contribution is 2.00. The fourth-order valence-electron chi connectivity index (χ4n) is 0.994. The van der Waals surface area contributed by atoms with Crippen LogP contribution in [-0.4, -0.2) is 29.7 Å². The normalized spacial score (nSPS) is 11.9. The summed E-state index contributed by atoms with van der Waals surface area (Å²) < 4.78 is 0. The molecule has 0 saturated heterocycles. The summed E-state index contributed by atoms with van der Waals surface area (Å²) in [6.07, 6.45) is 2.34. The molecular weight excluding hydrogens is 196 g/mol. The molecule has 3 N–H and O–H groups in total. The molecular formula is C10H18N2O3. The molecule has 1 atom stereocenters. The van der Waals surface area contributed by atoms with Crippen LogP contribution in [0.15, 0.2) is 12.7 Å². The van der Waals surface area contributed by atoms with Gasteiger partial charge < -0.3 is 15.7 Å². The van der Waals surface area contributed by atoms with Crippen LogP contribution in [0.2, 0.25) is 0 Å². The maximum absolute atomic E-state index is 11.2. The fraction of sp³-hybridized carbons (Fsp3) is 0.600. The SMILES string of the molecule is C=CCCNC(=O)N[C@@H](C(=O)O)C(C)C. The number of carbonyl (C=O) groups excluding carboxylic acids is 1. The van der Waals surface area contributed by atoms with E-state index >= 15 is 0 Å². The van der Waals surface area contributed by atoms with Crippen LogP contribution < -0.4 is 10.6 Å². The fourth-order valence-corrected chi connectivity index (χ4v) is 0.994. The van der Waals surface area contributed by atoms with Crippen LogP contribution in [-0.2, 0) is 4.79 Å². The van der Waals surface area contributed by atoms with Gasteiger partial charge in [-0.25, -0.2) is 9.59 Å². The Morgan fingerprint density at radius 2 is 2.07 bits per heavy atom. The van der Waals surface area contributed by atoms with Crippen molar-refractivity contribution >= 4 is 12.0 Å². The Morgan fingerprint density at radius 1 is 1.47 bits per heavy atom. The van der Waals surface area contributed by atoms with Gasteiger partial charge in [-0.3, -0.25) is 0 Å². The predicted molar refractivity (Wildman–Crippen MR) is 57.6 cm³/mol. The Hall–Kier alpha value is -1.52. The largest absolute Gasteiger partial charge is 0.480 e. The van der Waals surface area contributed by atoms with Crippen LogP contribution >= 0.6 is 0 Å². The van der Waals surface area contributed by atoms with Crippen LogP contribution in [0.4, 0.5) is 4.79 Å². The van der Waals surface area contributed by atoms with E-state index < -0.39 is 18.0 Å². The first-order valence-electron chi connectivity index (χ1n) is 4.87. The lowest BCUT2D eigenvalue weighted by Gasteiger charge is -2.17. The predicted octanol–water partition coefficient (Wildman–Crippen LogP) is 0.971. The third kappa shape index (κ3) is 5.72. The smallest absolute Gasteiger partial charge is 0.326 e. The summed E-state index contributed by atoms with van der Waals surface area (Å²) in [4.78, 5) is 22.0. The number of urea groups is 1. The van der Waals surface area contributed by atoms with Crippen molar-refractivity contribution in [1.29, 1.82) is 0 Å². The molecule has 5 heteroatoms. The lowest BCUT2D eigenvalue weighted by Crippen LogP contribution is -2.48. The van der Waals surface area contributed by atoms with Gasteiger partial charge >= 0.3 is 12.0 Å². The zero-order valence-electron chi connectivity index (χ0n) is 9.12. The molecule has 0 saturated carbocycles. The van der Waals surface area contributed by atoms with Gasteiger partial charge in [-0.2, -0.15) is 0 Å². The maximum atomic E-state index is 11.2. The molecule has 0 aromatic rings. The number of carbonyl (C=O) groups is 2. The maximum Gasteiger partial charge on any atom is 0.326 e. The average Bonchev–Trinajstić information content (AvgIpc) is 2.13. The van der Waals surface area contributed by atoms with Gasteiger partial charge in [0.05, 0.1) is 0 Å². The molecule has 0 rings (SSSR count). The van der Waals surface area contributed by atoms with Crippen LogP contribution in [0, 0.1) is 5.92 Å². The molecule has 0 radical (unpaired) electrons. The molecule has 0 unspecified atom stereocenters. The van der Waals surface area contributed by atoms with Crippen LogP contribution in [0.3, 0.4) is 0 Å². The Balaban J connectivity index is 4.00. The molecule has 0 spiro atoms. The molecule has 0 fully saturated rings. The number of amides is 2. The minimum Gasteiger partial charge on any atom is -0.480 e. The minimum absolute atomic E-state index is 0.146. The van der Waals surface area contributed by atoms with E-state index in [9.17, 15) is 9.59 Å². The minimum atomic E-state index is -1.02. The van der Waals surface area contributed by atoms with Crippen molar-refractivity contribution < 1.29 is 14.7 Å². The van der Waals surface area contributed by atoms with Crippen molar-refractivity contribution in [3.8, 4) is 0 Å². The van der Waals surface area contributed by atoms with E-state index in [2.05, 4.69) is 17.2 Å². The number of hydrogen-bond donors (Lipinski definition) is 3. The topological polar surface area (TPSA) is 78.4 Å². The second-order valence-corrected chi connectivity index (χ2v) is 3.54. The molecule has 0 aromatic heterocycles. The number of nitrogens with one attached hydrogen (secondary N) is 2. The van der Waals surface area contributed by atoms with Crippen molar-refractivity contribution in [3.05, 3.63) is 12.7 Å². The summed E-state index contributed by atoms with van der Waals surface area (Å²) in [5.41, 5.74) is 0. The highest BCUT2D eigenvalue weighted by atomic mass is 16.4. The van der Waals surface area contributed by atoms with Gasteiger partial charge in [-0.15, -0.1) is 6.58 Å². The lowest BCUT2D eigenvalue weighted by atomic mass is 10.1. The van der Waals surface area contributed by atoms with Gasteiger partial charge in [-0.05, 0) is 12.3 Å². The second-order valence-electron chi connectivity index (χ2n) is 3.54. The van der Waals surface area contributed by atoms with E-state index in [0.717, 1.165) is 0 Å². The molecule has 0 heterocycles. The van der Waals surface area contributed by atoms with E-state index in [1.54, 1.807) is 19.9 Å². The second kappa shape index (κ2) is 6.86. The zero-order chi connectivity index (χ0) is 11.8. The number of carboxylic acids is 1. The van der Waals surface area contributed by atoms with E-state index in [1.165, 1.54) is 0 Å². The van der Waals surface area contributed by atoms with Crippen molar-refractivity contribution in [2.24, 2.45) is 5.92 Å². The average molecular weight is 214 g/mol. The summed E-state index contributed by atoms with van der Waals surface area (Å²) in [5, 5.41) is 13.7. The van der Waals surface area contributed by atoms with Crippen molar-refractivity contribution in [1.82, 2.24) is 10.6 Å². The third-order valence-corrected chi connectivity index (χ3v) is 1.85. The highest BCUT2D eigenvalue weighted by molar-refractivity contribution is 5.82. The van der Waals surface area contributed by atoms with E-state index in [4.69, 9.17) is 5.11 Å². The van der Waals surface area contributed by atoms with Gasteiger partial charge in [0.2, 0.25) is 0 Å². The van der Waals surface area contributed by atoms with Crippen LogP contribution in [0.1, 0.15) is 20.3 Å².